The van der Waals surface area contributed by atoms with Crippen LogP contribution >= 0.6 is 0 Å². The van der Waals surface area contributed by atoms with Gasteiger partial charge in [-0.3, -0.25) is 4.21 Å². The van der Waals surface area contributed by atoms with Crippen LogP contribution < -0.4 is 11.1 Å². The van der Waals surface area contributed by atoms with Gasteiger partial charge in [0.05, 0.1) is 22.0 Å². The van der Waals surface area contributed by atoms with Crippen molar-refractivity contribution in [3.05, 3.63) is 11.5 Å². The molecule has 0 aromatic carbocycles. The van der Waals surface area contributed by atoms with E-state index in [9.17, 15) is 9.00 Å². The lowest BCUT2D eigenvalue weighted by Crippen LogP contribution is -2.39. The smallest absolute Gasteiger partial charge is 0.404 e. The Kier molecular flexibility index (Phi) is 4.66. The number of anilines is 1. The summed E-state index contributed by atoms with van der Waals surface area (Å²) in [6.45, 7) is 9.90. The number of nitrogens with one attached hydrogen (secondary N) is 1. The third-order valence-corrected chi connectivity index (χ3v) is 4.85. The van der Waals surface area contributed by atoms with E-state index in [0.717, 1.165) is 5.69 Å². The van der Waals surface area contributed by atoms with Crippen molar-refractivity contribution in [3.63, 3.8) is 0 Å². The normalized spacial score (nSPS) is 17.7. The number of primary amides is 1. The Labute approximate surface area is 138 Å². The summed E-state index contributed by atoms with van der Waals surface area (Å²) in [6, 6.07) is 0. The number of nitrogens with two attached hydrogens (primary N) is 1. The Morgan fingerprint density at radius 3 is 2.52 bits per heavy atom. The summed E-state index contributed by atoms with van der Waals surface area (Å²) < 4.78 is 17.2. The molecule has 0 saturated carbocycles. The molecule has 7 nitrogen and oxygen atoms in total. The summed E-state index contributed by atoms with van der Waals surface area (Å²) in [5, 5.41) is 3.24. The van der Waals surface area contributed by atoms with E-state index in [2.05, 4.69) is 15.3 Å². The van der Waals surface area contributed by atoms with E-state index in [1.165, 1.54) is 0 Å². The highest BCUT2D eigenvalue weighted by Gasteiger charge is 2.31. The standard InChI is InChI=1S/C15H24N4O3S/c1-14(2,3)12-17-9-6-7-23(21)10(9)11(18-12)19-15(4,5)8-22-13(16)20/h6-8H2,1-5H3,(H2,16,20)(H,17,18,19). The van der Waals surface area contributed by atoms with Gasteiger partial charge < -0.3 is 15.8 Å². The Bertz CT molecular complexity index is 653. The average Bonchev–Trinajstić information content (AvgIpc) is 2.77. The quantitative estimate of drug-likeness (QED) is 0.864. The van der Waals surface area contributed by atoms with Crippen LogP contribution in [0.25, 0.3) is 0 Å². The summed E-state index contributed by atoms with van der Waals surface area (Å²) in [7, 11) is -1.11. The fourth-order valence-corrected chi connectivity index (χ4v) is 3.53. The van der Waals surface area contributed by atoms with Gasteiger partial charge >= 0.3 is 6.09 Å². The molecule has 0 saturated heterocycles. The monoisotopic (exact) mass is 340 g/mol. The first-order valence-corrected chi connectivity index (χ1v) is 8.82. The van der Waals surface area contributed by atoms with Crippen LogP contribution in [0.5, 0.6) is 0 Å². The molecule has 8 heteroatoms. The number of carbonyl (C=O) groups excluding carboxylic acids is 1. The Morgan fingerprint density at radius 1 is 1.30 bits per heavy atom. The molecular weight excluding hydrogens is 316 g/mol. The summed E-state index contributed by atoms with van der Waals surface area (Å²) in [5.41, 5.74) is 5.04. The summed E-state index contributed by atoms with van der Waals surface area (Å²) >= 11 is 0. The van der Waals surface area contributed by atoms with Crippen LogP contribution in [0, 0.1) is 0 Å². The van der Waals surface area contributed by atoms with Crippen molar-refractivity contribution in [2.75, 3.05) is 17.7 Å². The molecule has 0 bridgehead atoms. The van der Waals surface area contributed by atoms with Gasteiger partial charge in [0.1, 0.15) is 23.1 Å². The van der Waals surface area contributed by atoms with Crippen molar-refractivity contribution in [2.24, 2.45) is 5.73 Å². The molecule has 0 spiro atoms. The van der Waals surface area contributed by atoms with E-state index in [-0.39, 0.29) is 12.0 Å². The second-order valence-electron chi connectivity index (χ2n) is 7.34. The lowest BCUT2D eigenvalue weighted by Gasteiger charge is -2.28. The molecule has 3 N–H and O–H groups in total. The minimum absolute atomic E-state index is 0.0819. The third-order valence-electron chi connectivity index (χ3n) is 3.39. The summed E-state index contributed by atoms with van der Waals surface area (Å²) in [4.78, 5) is 20.7. The molecule has 1 unspecified atom stereocenters. The van der Waals surface area contributed by atoms with Crippen molar-refractivity contribution >= 4 is 22.7 Å². The Hall–Kier alpha value is -1.70. The van der Waals surface area contributed by atoms with Crippen LogP contribution in [0.15, 0.2) is 4.90 Å². The second-order valence-corrected chi connectivity index (χ2v) is 8.85. The maximum Gasteiger partial charge on any atom is 0.404 e. The number of carbonyl (C=O) groups is 1. The highest BCUT2D eigenvalue weighted by Crippen LogP contribution is 2.32. The van der Waals surface area contributed by atoms with Gasteiger partial charge in [-0.05, 0) is 13.8 Å². The molecule has 23 heavy (non-hydrogen) atoms. The third kappa shape index (κ3) is 4.19. The number of hydrogen-bond donors (Lipinski definition) is 2. The fourth-order valence-electron chi connectivity index (χ4n) is 2.23. The van der Waals surface area contributed by atoms with Crippen molar-refractivity contribution in [1.82, 2.24) is 9.97 Å². The van der Waals surface area contributed by atoms with Crippen molar-refractivity contribution in [2.45, 2.75) is 56.9 Å². The first kappa shape index (κ1) is 17.7. The molecule has 0 aliphatic carbocycles. The molecule has 1 aliphatic heterocycles. The van der Waals surface area contributed by atoms with Gasteiger partial charge in [0.25, 0.3) is 0 Å². The summed E-state index contributed by atoms with van der Waals surface area (Å²) in [6.07, 6.45) is -0.146. The molecule has 0 fully saturated rings. The number of hydrogen-bond acceptors (Lipinski definition) is 6. The number of amides is 1. The lowest BCUT2D eigenvalue weighted by atomic mass is 9.95. The zero-order chi connectivity index (χ0) is 17.4. The minimum Gasteiger partial charge on any atom is -0.447 e. The van der Waals surface area contributed by atoms with Gasteiger partial charge in [0, 0.05) is 17.6 Å². The van der Waals surface area contributed by atoms with Crippen molar-refractivity contribution in [3.8, 4) is 0 Å². The maximum atomic E-state index is 12.3. The Morgan fingerprint density at radius 2 is 1.96 bits per heavy atom. The number of fused-ring (bicyclic) bond motifs is 1. The minimum atomic E-state index is -1.11. The molecule has 1 aromatic heterocycles. The van der Waals surface area contributed by atoms with Crippen LogP contribution in [0.1, 0.15) is 46.1 Å². The van der Waals surface area contributed by atoms with Gasteiger partial charge in [0.15, 0.2) is 0 Å². The van der Waals surface area contributed by atoms with Gasteiger partial charge in [0.2, 0.25) is 0 Å². The van der Waals surface area contributed by atoms with Gasteiger partial charge in [-0.2, -0.15) is 0 Å². The number of nitrogens with zero attached hydrogens (tertiary/aromatic N) is 2. The van der Waals surface area contributed by atoms with E-state index >= 15 is 0 Å². The number of ether oxygens (including phenoxy) is 1. The molecule has 1 amide bonds. The van der Waals surface area contributed by atoms with Crippen LogP contribution in [-0.2, 0) is 27.4 Å². The predicted octanol–water partition coefficient (Wildman–Crippen LogP) is 1.72. The van der Waals surface area contributed by atoms with Gasteiger partial charge in [-0.1, -0.05) is 20.8 Å². The highest BCUT2D eigenvalue weighted by molar-refractivity contribution is 7.85. The summed E-state index contributed by atoms with van der Waals surface area (Å²) in [5.74, 6) is 1.81. The topological polar surface area (TPSA) is 107 Å². The van der Waals surface area contributed by atoms with Crippen LogP contribution in [0.2, 0.25) is 0 Å². The van der Waals surface area contributed by atoms with Crippen LogP contribution in [0.3, 0.4) is 0 Å². The van der Waals surface area contributed by atoms with Gasteiger partial charge in [-0.25, -0.2) is 14.8 Å². The van der Waals surface area contributed by atoms with Gasteiger partial charge in [-0.15, -0.1) is 0 Å². The molecule has 1 atom stereocenters. The zero-order valence-corrected chi connectivity index (χ0v) is 15.0. The largest absolute Gasteiger partial charge is 0.447 e. The van der Waals surface area contributed by atoms with Crippen molar-refractivity contribution in [1.29, 1.82) is 0 Å². The van der Waals surface area contributed by atoms with E-state index in [0.29, 0.717) is 28.7 Å². The number of aromatic nitrogens is 2. The molecule has 128 valence electrons. The SMILES string of the molecule is CC(C)(COC(N)=O)Nc1nc(C(C)(C)C)nc2c1S(=O)CC2. The van der Waals surface area contributed by atoms with Crippen LogP contribution in [-0.4, -0.2) is 38.2 Å². The molecule has 0 radical (unpaired) electrons. The number of aryl methyl sites for hydroxylation is 1. The number of rotatable bonds is 4. The molecule has 2 rings (SSSR count). The van der Waals surface area contributed by atoms with Crippen molar-refractivity contribution < 1.29 is 13.7 Å². The first-order chi connectivity index (χ1) is 10.5. The maximum absolute atomic E-state index is 12.3. The molecule has 2 heterocycles. The lowest BCUT2D eigenvalue weighted by molar-refractivity contribution is 0.138. The molecule has 1 aromatic rings. The predicted molar refractivity (Wildman–Crippen MR) is 88.9 cm³/mol. The average molecular weight is 340 g/mol. The second kappa shape index (κ2) is 6.07. The van der Waals surface area contributed by atoms with E-state index in [1.807, 2.05) is 34.6 Å². The fraction of sp³-hybridized carbons (Fsp3) is 0.667. The zero-order valence-electron chi connectivity index (χ0n) is 14.2. The molecular formula is C15H24N4O3S. The van der Waals surface area contributed by atoms with E-state index in [4.69, 9.17) is 10.5 Å². The van der Waals surface area contributed by atoms with E-state index < -0.39 is 22.4 Å². The van der Waals surface area contributed by atoms with E-state index in [1.54, 1.807) is 0 Å². The van der Waals surface area contributed by atoms with Crippen LogP contribution in [0.4, 0.5) is 10.6 Å². The Balaban J connectivity index is 2.39. The molecule has 1 aliphatic rings. The first-order valence-electron chi connectivity index (χ1n) is 7.50. The highest BCUT2D eigenvalue weighted by atomic mass is 32.2.